The van der Waals surface area contributed by atoms with Crippen LogP contribution >= 0.6 is 22.6 Å². The molecule has 0 bridgehead atoms. The lowest BCUT2D eigenvalue weighted by Crippen LogP contribution is -2.61. The van der Waals surface area contributed by atoms with Crippen LogP contribution in [0.5, 0.6) is 0 Å². The summed E-state index contributed by atoms with van der Waals surface area (Å²) in [7, 11) is 1.57. The highest BCUT2D eigenvalue weighted by atomic mass is 125. The largest absolute Gasteiger partial charge is 0.480 e. The van der Waals surface area contributed by atoms with Crippen molar-refractivity contribution in [3.05, 3.63) is 159 Å². The number of likely N-dealkylation sites (tertiary alicyclic amines) is 1. The van der Waals surface area contributed by atoms with E-state index in [1.54, 1.807) is 118 Å². The van der Waals surface area contributed by atoms with E-state index in [1.807, 2.05) is 12.1 Å². The normalized spacial score (nSPS) is 15.0. The summed E-state index contributed by atoms with van der Waals surface area (Å²) in [6.45, 7) is 3.58. The van der Waals surface area contributed by atoms with E-state index in [0.717, 1.165) is 3.57 Å². The summed E-state index contributed by atoms with van der Waals surface area (Å²) in [5, 5.41) is 29.4. The number of guanidine groups is 1. The number of amides is 7. The number of nitrogens with two attached hydrogens (primary N) is 2. The van der Waals surface area contributed by atoms with Crippen LogP contribution in [0, 0.1) is 9.49 Å². The lowest BCUT2D eigenvalue weighted by Gasteiger charge is -2.31. The summed E-state index contributed by atoms with van der Waals surface area (Å²) in [6.07, 6.45) is 3.48. The number of halogens is 1. The summed E-state index contributed by atoms with van der Waals surface area (Å²) in [5.41, 5.74) is 14.1. The maximum absolute atomic E-state index is 15.1. The van der Waals surface area contributed by atoms with Crippen LogP contribution in [0.25, 0.3) is 0 Å². The van der Waals surface area contributed by atoms with E-state index in [2.05, 4.69) is 74.8 Å². The number of carbonyl (C=O) groups is 9. The quantitative estimate of drug-likeness (QED) is 0.0102. The van der Waals surface area contributed by atoms with Crippen LogP contribution in [0.4, 0.5) is 0 Å². The minimum atomic E-state index is -1.46. The Morgan fingerprint density at radius 1 is 0.675 bits per heavy atom. The molecule has 1 aliphatic rings. The third-order valence-electron chi connectivity index (χ3n) is 13.8. The number of likely N-dealkylation sites (N-methyl/N-ethyl adjacent to an activating group) is 1. The van der Waals surface area contributed by atoms with Crippen LogP contribution in [0.3, 0.4) is 0 Å². The zero-order valence-corrected chi connectivity index (χ0v) is 48.6. The molecule has 0 spiro atoms. The number of rotatable bonds is 30. The predicted octanol–water partition coefficient (Wildman–Crippen LogP) is 1.43. The maximum atomic E-state index is 15.1. The third-order valence-corrected chi connectivity index (χ3v) is 14.5. The van der Waals surface area contributed by atoms with Crippen LogP contribution < -0.4 is 48.7 Å². The van der Waals surface area contributed by atoms with Gasteiger partial charge in [0.2, 0.25) is 41.4 Å². The van der Waals surface area contributed by atoms with Crippen LogP contribution in [0.15, 0.2) is 127 Å². The zero-order chi connectivity index (χ0) is 60.0. The monoisotopic (exact) mass is 1250 g/mol. The topological polar surface area (TPSA) is 354 Å². The Bertz CT molecular complexity index is 3040. The average Bonchev–Trinajstić information content (AvgIpc) is 4.40. The second-order valence-corrected chi connectivity index (χ2v) is 21.7. The van der Waals surface area contributed by atoms with E-state index in [-0.39, 0.29) is 69.9 Å². The molecule has 13 N–H and O–H groups in total. The fourth-order valence-corrected chi connectivity index (χ4v) is 9.83. The van der Waals surface area contributed by atoms with Gasteiger partial charge >= 0.3 is 5.97 Å². The first-order valence-electron chi connectivity index (χ1n) is 27.3. The van der Waals surface area contributed by atoms with Gasteiger partial charge in [-0.25, -0.2) is 9.78 Å². The highest BCUT2D eigenvalue weighted by Crippen LogP contribution is 2.21. The summed E-state index contributed by atoms with van der Waals surface area (Å²) in [4.78, 5) is 138. The smallest absolute Gasteiger partial charge is 0.326 e. The maximum Gasteiger partial charge on any atom is 0.326 e. The fourth-order valence-electron chi connectivity index (χ4n) is 9.47. The van der Waals surface area contributed by atoms with E-state index in [0.29, 0.717) is 46.4 Å². The molecule has 4 aromatic carbocycles. The van der Waals surface area contributed by atoms with E-state index < -0.39 is 95.5 Å². The molecule has 7 atom stereocenters. The molecular formula is C59H72IN13O10. The number of aliphatic imine (C=N–C) groups is 1. The van der Waals surface area contributed by atoms with Crippen molar-refractivity contribution in [2.24, 2.45) is 22.4 Å². The number of ketones is 1. The van der Waals surface area contributed by atoms with Gasteiger partial charge in [-0.1, -0.05) is 111 Å². The van der Waals surface area contributed by atoms with Crippen LogP contribution in [0.1, 0.15) is 77.8 Å². The SMILES string of the molecule is CNCC(=O)N[C@@H](CCCN=C(N)N)C(=O)N[C@H](C(=O)N[C@@H](Cc1ccc([125I])cc1)C(=O)N[C@@H](Cc1ccc(C(=O)c2ccccc2)cc1)C(=O)N[C@@H](Cc1cnc[nH]1)C(=O)N1CCC[C@H]1C(=O)N[C@@H](Cc1ccccc1)C(=O)O)C(C)C. The van der Waals surface area contributed by atoms with E-state index in [1.165, 1.54) is 17.4 Å². The van der Waals surface area contributed by atoms with Crippen molar-refractivity contribution in [3.63, 3.8) is 0 Å². The number of aliphatic carboxylic acids is 1. The number of nitrogens with one attached hydrogen (secondary N) is 8. The number of H-pyrrole nitrogens is 1. The molecule has 24 heteroatoms. The van der Waals surface area contributed by atoms with Gasteiger partial charge in [0, 0.05) is 65.4 Å². The van der Waals surface area contributed by atoms with Crippen molar-refractivity contribution >= 4 is 81.7 Å². The lowest BCUT2D eigenvalue weighted by atomic mass is 9.98. The molecule has 2 heterocycles. The van der Waals surface area contributed by atoms with Crippen molar-refractivity contribution in [2.75, 3.05) is 26.7 Å². The molecule has 83 heavy (non-hydrogen) atoms. The predicted molar refractivity (Wildman–Crippen MR) is 318 cm³/mol. The molecule has 23 nitrogen and oxygen atoms in total. The van der Waals surface area contributed by atoms with Crippen LogP contribution in [0.2, 0.25) is 0 Å². The summed E-state index contributed by atoms with van der Waals surface area (Å²) in [5.74, 6) is -7.07. The molecule has 5 aromatic rings. The molecule has 6 rings (SSSR count). The molecule has 0 aliphatic carbocycles. The molecule has 440 valence electrons. The average molecular weight is 1250 g/mol. The van der Waals surface area contributed by atoms with Crippen molar-refractivity contribution in [1.29, 1.82) is 0 Å². The van der Waals surface area contributed by atoms with Gasteiger partial charge in [-0.05, 0) is 90.1 Å². The number of carboxylic acid groups (broad SMARTS) is 1. The second-order valence-electron chi connectivity index (χ2n) is 20.5. The number of imidazole rings is 1. The number of hydrogen-bond donors (Lipinski definition) is 11. The molecule has 1 aromatic heterocycles. The van der Waals surface area contributed by atoms with Crippen LogP contribution in [-0.2, 0) is 64.0 Å². The summed E-state index contributed by atoms with van der Waals surface area (Å²) >= 11 is 2.14. The first-order chi connectivity index (χ1) is 39.8. The van der Waals surface area contributed by atoms with Crippen molar-refractivity contribution in [1.82, 2.24) is 52.1 Å². The zero-order valence-electron chi connectivity index (χ0n) is 46.4. The second kappa shape index (κ2) is 31.6. The van der Waals surface area contributed by atoms with Gasteiger partial charge in [0.15, 0.2) is 11.7 Å². The Morgan fingerprint density at radius 3 is 1.81 bits per heavy atom. The van der Waals surface area contributed by atoms with Gasteiger partial charge in [0.25, 0.3) is 0 Å². The fraction of sp³-hybridized carbons (Fsp3) is 0.373. The van der Waals surface area contributed by atoms with E-state index in [4.69, 9.17) is 11.5 Å². The Labute approximate surface area is 494 Å². The molecule has 1 aliphatic heterocycles. The van der Waals surface area contributed by atoms with E-state index in [9.17, 15) is 38.7 Å². The van der Waals surface area contributed by atoms with Crippen molar-refractivity contribution in [2.45, 2.75) is 108 Å². The molecule has 1 saturated heterocycles. The van der Waals surface area contributed by atoms with E-state index >= 15 is 9.59 Å². The molecule has 7 amide bonds. The Kier molecular flexibility index (Phi) is 24.3. The van der Waals surface area contributed by atoms with Gasteiger partial charge in [-0.3, -0.25) is 43.3 Å². The number of hydrogen-bond acceptors (Lipinski definition) is 12. The number of nitrogens with zero attached hydrogens (tertiary/aromatic N) is 3. The number of aromatic amines is 1. The molecule has 0 saturated carbocycles. The third kappa shape index (κ3) is 19.6. The number of benzene rings is 4. The number of carboxylic acids is 1. The Morgan fingerprint density at radius 2 is 1.23 bits per heavy atom. The molecule has 0 radical (unpaired) electrons. The molecular weight excluding hydrogens is 1180 g/mol. The first-order valence-corrected chi connectivity index (χ1v) is 28.4. The van der Waals surface area contributed by atoms with Crippen molar-refractivity contribution in [3.8, 4) is 0 Å². The van der Waals surface area contributed by atoms with Gasteiger partial charge in [0.1, 0.15) is 42.3 Å². The Balaban J connectivity index is 1.30. The minimum Gasteiger partial charge on any atom is -0.480 e. The summed E-state index contributed by atoms with van der Waals surface area (Å²) in [6, 6.07) is 22.2. The van der Waals surface area contributed by atoms with Gasteiger partial charge in [-0.2, -0.15) is 0 Å². The van der Waals surface area contributed by atoms with Gasteiger partial charge < -0.3 is 63.7 Å². The Hall–Kier alpha value is -8.52. The molecule has 1 fully saturated rings. The van der Waals surface area contributed by atoms with Crippen LogP contribution in [-0.4, -0.2) is 148 Å². The van der Waals surface area contributed by atoms with Crippen molar-refractivity contribution < 1.29 is 48.3 Å². The lowest BCUT2D eigenvalue weighted by molar-refractivity contribution is -0.145. The number of carbonyl (C=O) groups excluding carboxylic acids is 8. The highest BCUT2D eigenvalue weighted by Gasteiger charge is 2.40. The highest BCUT2D eigenvalue weighted by molar-refractivity contribution is 14.1. The summed E-state index contributed by atoms with van der Waals surface area (Å²) < 4.78 is 0.898. The standard InChI is InChI=1S/C59H72IN13O10/c1-35(2)50(72-52(76)43(67-49(74)33-63-3)16-10-26-65-59(61)62)56(80)69-45(29-38-20-24-41(60)25-21-38)53(77)68-44(28-37-18-22-40(23-19-37)51(75)39-14-8-5-9-15-39)54(78)70-46(31-42-32-64-34-66-42)57(81)73-27-11-17-48(73)55(79)71-47(58(82)83)30-36-12-6-4-7-13-36/h4-9,12-15,18-25,32,34-35,43-48,50,63H,10-11,16-17,26-31,33H2,1-3H3,(H,64,66)(H,67,74)(H,68,77)(H,69,80)(H,70,78)(H,71,79)(H,72,76)(H,82,83)(H4,61,62,65)/t43-,44-,45-,46-,47-,48-,50-/m0/s1/i60-2. The minimum absolute atomic E-state index is 0.00716. The first kappa shape index (κ1) is 63.7. The van der Waals surface area contributed by atoms with Gasteiger partial charge in [-0.15, -0.1) is 0 Å². The van der Waals surface area contributed by atoms with Gasteiger partial charge in [0.05, 0.1) is 12.9 Å². The number of aromatic nitrogens is 2. The molecule has 0 unspecified atom stereocenters.